The molecule has 0 aliphatic heterocycles. The highest BCUT2D eigenvalue weighted by Gasteiger charge is 2.08. The highest BCUT2D eigenvalue weighted by molar-refractivity contribution is 9.10. The number of hydrogen-bond acceptors (Lipinski definition) is 3. The molecule has 0 aliphatic rings. The minimum atomic E-state index is -0.553. The van der Waals surface area contributed by atoms with E-state index < -0.39 is 5.82 Å². The predicted molar refractivity (Wildman–Crippen MR) is 69.2 cm³/mol. The molecule has 1 aromatic carbocycles. The number of nitrogens with one attached hydrogen (secondary N) is 1. The van der Waals surface area contributed by atoms with Crippen molar-refractivity contribution in [3.63, 3.8) is 0 Å². The van der Waals surface area contributed by atoms with Crippen molar-refractivity contribution in [3.8, 4) is 0 Å². The lowest BCUT2D eigenvalue weighted by Crippen LogP contribution is -1.99. The Balaban J connectivity index is 2.37. The number of nitrogens with zero attached hydrogens (tertiary/aromatic N) is 2. The van der Waals surface area contributed by atoms with E-state index in [2.05, 4.69) is 31.2 Å². The van der Waals surface area contributed by atoms with Crippen LogP contribution in [0.15, 0.2) is 28.9 Å². The molecule has 2 rings (SSSR count). The molecule has 2 aromatic rings. The van der Waals surface area contributed by atoms with Gasteiger partial charge < -0.3 is 5.32 Å². The van der Waals surface area contributed by atoms with Crippen molar-refractivity contribution < 1.29 is 4.39 Å². The molecular weight excluding hydrogens is 308 g/mol. The Morgan fingerprint density at radius 1 is 1.41 bits per heavy atom. The monoisotopic (exact) mass is 315 g/mol. The minimum Gasteiger partial charge on any atom is -0.337 e. The summed E-state index contributed by atoms with van der Waals surface area (Å²) in [6.45, 7) is 1.95. The molecule has 0 amide bonds. The van der Waals surface area contributed by atoms with E-state index >= 15 is 0 Å². The van der Waals surface area contributed by atoms with E-state index in [1.54, 1.807) is 0 Å². The van der Waals surface area contributed by atoms with Gasteiger partial charge in [0.2, 0.25) is 5.28 Å². The van der Waals surface area contributed by atoms with Crippen LogP contribution in [0.5, 0.6) is 0 Å². The van der Waals surface area contributed by atoms with Gasteiger partial charge in [0.15, 0.2) is 11.6 Å². The lowest BCUT2D eigenvalue weighted by Gasteiger charge is -2.09. The van der Waals surface area contributed by atoms with Crippen LogP contribution < -0.4 is 5.32 Å². The molecule has 0 radical (unpaired) electrons. The first-order chi connectivity index (χ1) is 8.06. The maximum atomic E-state index is 13.4. The first-order valence-corrected chi connectivity index (χ1v) is 5.94. The summed E-state index contributed by atoms with van der Waals surface area (Å²) in [6, 6.07) is 5.69. The fourth-order valence-electron chi connectivity index (χ4n) is 1.30. The fourth-order valence-corrected chi connectivity index (χ4v) is 1.77. The largest absolute Gasteiger partial charge is 0.337 e. The highest BCUT2D eigenvalue weighted by atomic mass is 79.9. The van der Waals surface area contributed by atoms with Crippen LogP contribution in [0.1, 0.15) is 5.56 Å². The van der Waals surface area contributed by atoms with Crippen molar-refractivity contribution >= 4 is 39.0 Å². The summed E-state index contributed by atoms with van der Waals surface area (Å²) in [6.07, 6.45) is 1.03. The zero-order chi connectivity index (χ0) is 12.4. The molecule has 0 unspecified atom stereocenters. The normalized spacial score (nSPS) is 10.4. The Morgan fingerprint density at radius 2 is 2.18 bits per heavy atom. The van der Waals surface area contributed by atoms with Crippen LogP contribution in [0.25, 0.3) is 0 Å². The number of anilines is 2. The Kier molecular flexibility index (Phi) is 3.59. The van der Waals surface area contributed by atoms with E-state index in [4.69, 9.17) is 11.6 Å². The van der Waals surface area contributed by atoms with Crippen LogP contribution >= 0.6 is 27.5 Å². The first kappa shape index (κ1) is 12.3. The summed E-state index contributed by atoms with van der Waals surface area (Å²) in [4.78, 5) is 7.33. The van der Waals surface area contributed by atoms with E-state index in [-0.39, 0.29) is 11.1 Å². The third kappa shape index (κ3) is 2.92. The Bertz CT molecular complexity index is 513. The second kappa shape index (κ2) is 4.98. The zero-order valence-corrected chi connectivity index (χ0v) is 11.2. The van der Waals surface area contributed by atoms with E-state index in [0.29, 0.717) is 0 Å². The molecule has 3 nitrogen and oxygen atoms in total. The van der Waals surface area contributed by atoms with Crippen LogP contribution in [-0.4, -0.2) is 9.97 Å². The fraction of sp³-hybridized carbons (Fsp3) is 0.0909. The molecular formula is C11H8BrClFN3. The molecule has 1 N–H and O–H groups in total. The Morgan fingerprint density at radius 3 is 2.94 bits per heavy atom. The third-order valence-corrected chi connectivity index (χ3v) is 2.96. The Hall–Kier alpha value is -1.20. The summed E-state index contributed by atoms with van der Waals surface area (Å²) in [5.74, 6) is -0.501. The van der Waals surface area contributed by atoms with Gasteiger partial charge in [-0.3, -0.25) is 0 Å². The molecule has 0 spiro atoms. The van der Waals surface area contributed by atoms with Gasteiger partial charge in [-0.2, -0.15) is 4.98 Å². The van der Waals surface area contributed by atoms with Gasteiger partial charge in [0.1, 0.15) is 0 Å². The number of rotatable bonds is 2. The molecule has 0 aliphatic carbocycles. The van der Waals surface area contributed by atoms with Crippen molar-refractivity contribution in [2.45, 2.75) is 6.92 Å². The number of benzene rings is 1. The maximum Gasteiger partial charge on any atom is 0.224 e. The van der Waals surface area contributed by atoms with E-state index in [1.165, 1.54) is 0 Å². The van der Waals surface area contributed by atoms with Crippen molar-refractivity contribution in [2.75, 3.05) is 5.32 Å². The first-order valence-electron chi connectivity index (χ1n) is 4.77. The van der Waals surface area contributed by atoms with Crippen LogP contribution in [0.2, 0.25) is 5.28 Å². The maximum absolute atomic E-state index is 13.4. The van der Waals surface area contributed by atoms with Crippen molar-refractivity contribution in [2.24, 2.45) is 0 Å². The van der Waals surface area contributed by atoms with E-state index in [0.717, 1.165) is 21.9 Å². The summed E-state index contributed by atoms with van der Waals surface area (Å²) in [5.41, 5.74) is 1.77. The predicted octanol–water partition coefficient (Wildman–Crippen LogP) is 4.08. The SMILES string of the molecule is Cc1ccc(Br)c(Nc2nc(Cl)ncc2F)c1. The van der Waals surface area contributed by atoms with Crippen LogP contribution in [0, 0.1) is 12.7 Å². The van der Waals surface area contributed by atoms with Crippen molar-refractivity contribution in [1.82, 2.24) is 9.97 Å². The topological polar surface area (TPSA) is 37.8 Å². The molecule has 17 heavy (non-hydrogen) atoms. The number of aromatic nitrogens is 2. The average molecular weight is 317 g/mol. The molecule has 6 heteroatoms. The molecule has 88 valence electrons. The van der Waals surface area contributed by atoms with Gasteiger partial charge in [0.05, 0.1) is 11.9 Å². The minimum absolute atomic E-state index is 0.00215. The van der Waals surface area contributed by atoms with Gasteiger partial charge in [0, 0.05) is 4.47 Å². The molecule has 0 bridgehead atoms. The molecule has 0 saturated heterocycles. The van der Waals surface area contributed by atoms with Gasteiger partial charge in [-0.25, -0.2) is 9.37 Å². The lowest BCUT2D eigenvalue weighted by atomic mass is 10.2. The van der Waals surface area contributed by atoms with Gasteiger partial charge in [-0.15, -0.1) is 0 Å². The van der Waals surface area contributed by atoms with Gasteiger partial charge >= 0.3 is 0 Å². The standard InChI is InChI=1S/C11H8BrClFN3/c1-6-2-3-7(12)9(4-6)16-10-8(14)5-15-11(13)17-10/h2-5H,1H3,(H,15,16,17). The Labute approximate surface area is 111 Å². The summed E-state index contributed by atoms with van der Waals surface area (Å²) >= 11 is 8.98. The molecule has 0 fully saturated rings. The lowest BCUT2D eigenvalue weighted by molar-refractivity contribution is 0.619. The zero-order valence-electron chi connectivity index (χ0n) is 8.84. The van der Waals surface area contributed by atoms with Crippen LogP contribution in [-0.2, 0) is 0 Å². The van der Waals surface area contributed by atoms with Crippen LogP contribution in [0.3, 0.4) is 0 Å². The van der Waals surface area contributed by atoms with Gasteiger partial charge in [-0.1, -0.05) is 6.07 Å². The number of aryl methyl sites for hydroxylation is 1. The molecule has 1 aromatic heterocycles. The van der Waals surface area contributed by atoms with E-state index in [9.17, 15) is 4.39 Å². The smallest absolute Gasteiger partial charge is 0.224 e. The molecule has 1 heterocycles. The summed E-state index contributed by atoms with van der Waals surface area (Å²) in [5, 5.41) is 2.86. The van der Waals surface area contributed by atoms with Crippen LogP contribution in [0.4, 0.5) is 15.9 Å². The second-order valence-electron chi connectivity index (χ2n) is 3.44. The number of halogens is 3. The average Bonchev–Trinajstić information content (AvgIpc) is 2.28. The summed E-state index contributed by atoms with van der Waals surface area (Å²) < 4.78 is 14.2. The van der Waals surface area contributed by atoms with Crippen molar-refractivity contribution in [3.05, 3.63) is 45.5 Å². The van der Waals surface area contributed by atoms with Gasteiger partial charge in [0.25, 0.3) is 0 Å². The molecule has 0 saturated carbocycles. The quantitative estimate of drug-likeness (QED) is 0.848. The van der Waals surface area contributed by atoms with E-state index in [1.807, 2.05) is 25.1 Å². The third-order valence-electron chi connectivity index (χ3n) is 2.09. The van der Waals surface area contributed by atoms with Gasteiger partial charge in [-0.05, 0) is 52.2 Å². The number of hydrogen-bond donors (Lipinski definition) is 1. The highest BCUT2D eigenvalue weighted by Crippen LogP contribution is 2.27. The summed E-state index contributed by atoms with van der Waals surface area (Å²) in [7, 11) is 0. The molecule has 0 atom stereocenters. The van der Waals surface area contributed by atoms with Crippen molar-refractivity contribution in [1.29, 1.82) is 0 Å². The second-order valence-corrected chi connectivity index (χ2v) is 4.64.